The van der Waals surface area contributed by atoms with E-state index in [0.29, 0.717) is 5.02 Å². The van der Waals surface area contributed by atoms with Crippen molar-refractivity contribution in [3.8, 4) is 5.75 Å². The fraction of sp³-hybridized carbons (Fsp3) is 0.483. The Bertz CT molecular complexity index is 1350. The second-order valence-corrected chi connectivity index (χ2v) is 11.3. The number of hydrogen-bond donors (Lipinski definition) is 5. The van der Waals surface area contributed by atoms with Crippen LogP contribution in [0.25, 0.3) is 0 Å². The number of halogens is 10. The number of alkyl halides is 9. The summed E-state index contributed by atoms with van der Waals surface area (Å²) in [5, 5.41) is 38.1. The molecule has 2 aromatic carbocycles. The Morgan fingerprint density at radius 3 is 1.80 bits per heavy atom. The lowest BCUT2D eigenvalue weighted by Gasteiger charge is -2.34. The summed E-state index contributed by atoms with van der Waals surface area (Å²) >= 11 is 5.93. The molecule has 1 heterocycles. The zero-order valence-electron chi connectivity index (χ0n) is 25.4. The molecule has 0 saturated carbocycles. The number of benzene rings is 2. The van der Waals surface area contributed by atoms with Crippen LogP contribution in [0.4, 0.5) is 39.5 Å². The Balaban J connectivity index is 0.000000717. The summed E-state index contributed by atoms with van der Waals surface area (Å²) < 4.78 is 108. The minimum atomic E-state index is -5.08. The van der Waals surface area contributed by atoms with Crippen LogP contribution in [0.5, 0.6) is 5.75 Å². The Kier molecular flexibility index (Phi) is 16.1. The predicted octanol–water partition coefficient (Wildman–Crippen LogP) is 5.64. The van der Waals surface area contributed by atoms with Crippen molar-refractivity contribution in [2.75, 3.05) is 26.2 Å². The molecule has 0 unspecified atom stereocenters. The number of rotatable bonds is 10. The molecule has 0 spiro atoms. The third-order valence-corrected chi connectivity index (χ3v) is 6.69. The summed E-state index contributed by atoms with van der Waals surface area (Å²) in [6.07, 6.45) is -13.5. The van der Waals surface area contributed by atoms with Crippen molar-refractivity contribution in [2.24, 2.45) is 0 Å². The SMILES string of the molecule is C[C@](O)(CNC1CCN(Cc2ccc(Cl)cc2)CC1)COc1cc(C(F)(F)F)ccc1CC(=O)O.O=C(O)C(F)(F)F.O=C(O)C(F)(F)F. The van der Waals surface area contributed by atoms with Gasteiger partial charge in [0.2, 0.25) is 0 Å². The van der Waals surface area contributed by atoms with E-state index in [1.54, 1.807) is 0 Å². The number of ether oxygens (including phenoxy) is 1. The van der Waals surface area contributed by atoms with Crippen LogP contribution in [0, 0.1) is 0 Å². The van der Waals surface area contributed by atoms with Crippen LogP contribution in [-0.4, -0.2) is 93.5 Å². The van der Waals surface area contributed by atoms with Crippen molar-refractivity contribution in [3.63, 3.8) is 0 Å². The van der Waals surface area contributed by atoms with E-state index in [2.05, 4.69) is 10.2 Å². The fourth-order valence-corrected chi connectivity index (χ4v) is 4.09. The molecule has 3 rings (SSSR count). The smallest absolute Gasteiger partial charge is 0.490 e. The first-order valence-corrected chi connectivity index (χ1v) is 14.3. The lowest BCUT2D eigenvalue weighted by atomic mass is 10.0. The summed E-state index contributed by atoms with van der Waals surface area (Å²) in [5.74, 6) is -6.90. The zero-order valence-corrected chi connectivity index (χ0v) is 26.2. The molecule has 1 aliphatic heterocycles. The molecule has 1 fully saturated rings. The lowest BCUT2D eigenvalue weighted by Crippen LogP contribution is -2.49. The molecule has 5 N–H and O–H groups in total. The molecule has 0 aromatic heterocycles. The van der Waals surface area contributed by atoms with Crippen molar-refractivity contribution >= 4 is 29.5 Å². The van der Waals surface area contributed by atoms with Crippen LogP contribution in [-0.2, 0) is 33.5 Å². The van der Waals surface area contributed by atoms with Crippen LogP contribution < -0.4 is 10.1 Å². The van der Waals surface area contributed by atoms with Crippen LogP contribution in [0.1, 0.15) is 36.5 Å². The lowest BCUT2D eigenvalue weighted by molar-refractivity contribution is -0.193. The van der Waals surface area contributed by atoms with E-state index in [-0.39, 0.29) is 30.5 Å². The van der Waals surface area contributed by atoms with Gasteiger partial charge in [0.1, 0.15) is 18.0 Å². The average Bonchev–Trinajstić information content (AvgIpc) is 2.96. The molecule has 0 radical (unpaired) electrons. The predicted molar refractivity (Wildman–Crippen MR) is 154 cm³/mol. The molecule has 0 aliphatic carbocycles. The number of nitrogens with one attached hydrogen (secondary N) is 1. The molecule has 276 valence electrons. The summed E-state index contributed by atoms with van der Waals surface area (Å²) in [7, 11) is 0. The van der Waals surface area contributed by atoms with Gasteiger partial charge in [-0.15, -0.1) is 0 Å². The van der Waals surface area contributed by atoms with Crippen molar-refractivity contribution < 1.29 is 79.1 Å². The molecule has 1 aliphatic rings. The number of carbonyl (C=O) groups is 3. The standard InChI is InChI=1S/C25H30ClF3N2O4.2C2HF3O2/c1-24(34,16-35-22-13-19(25(27,28)29)5-4-18(22)12-23(32)33)15-30-21-8-10-31(11-9-21)14-17-2-6-20(26)7-3-17;2*3-2(4,5)1(6)7/h2-7,13,21,30,34H,8-12,14-16H2,1H3,(H,32,33);2*(H,6,7)/t24-;;/m0../s1. The van der Waals surface area contributed by atoms with E-state index >= 15 is 0 Å². The highest BCUT2D eigenvalue weighted by atomic mass is 35.5. The number of carboxylic acid groups (broad SMARTS) is 3. The molecule has 0 amide bonds. The highest BCUT2D eigenvalue weighted by Gasteiger charge is 2.39. The maximum atomic E-state index is 13.1. The van der Waals surface area contributed by atoms with Crippen LogP contribution >= 0.6 is 11.6 Å². The monoisotopic (exact) mass is 742 g/mol. The first-order valence-electron chi connectivity index (χ1n) is 13.9. The van der Waals surface area contributed by atoms with Gasteiger partial charge in [0.15, 0.2) is 0 Å². The molecular weight excluding hydrogens is 711 g/mol. The maximum Gasteiger partial charge on any atom is 0.490 e. The maximum absolute atomic E-state index is 13.1. The van der Waals surface area contributed by atoms with Gasteiger partial charge in [0.25, 0.3) is 0 Å². The first kappa shape index (κ1) is 43.2. The molecular formula is C29H32ClF9N2O8. The highest BCUT2D eigenvalue weighted by Crippen LogP contribution is 2.33. The highest BCUT2D eigenvalue weighted by molar-refractivity contribution is 6.30. The second kappa shape index (κ2) is 18.3. The average molecular weight is 743 g/mol. The van der Waals surface area contributed by atoms with Gasteiger partial charge in [-0.25, -0.2) is 9.59 Å². The molecule has 10 nitrogen and oxygen atoms in total. The topological polar surface area (TPSA) is 157 Å². The second-order valence-electron chi connectivity index (χ2n) is 10.8. The van der Waals surface area contributed by atoms with Crippen LogP contribution in [0.2, 0.25) is 5.02 Å². The third kappa shape index (κ3) is 17.4. The number of aliphatic carboxylic acids is 3. The van der Waals surface area contributed by atoms with E-state index in [1.165, 1.54) is 12.5 Å². The summed E-state index contributed by atoms with van der Waals surface area (Å²) in [5.41, 5.74) is -1.00. The zero-order chi connectivity index (χ0) is 37.8. The van der Waals surface area contributed by atoms with Gasteiger partial charge in [0.05, 0.1) is 12.0 Å². The number of aliphatic hydroxyl groups is 1. The van der Waals surface area contributed by atoms with Gasteiger partial charge in [0, 0.05) is 29.7 Å². The fourth-order valence-electron chi connectivity index (χ4n) is 3.97. The minimum absolute atomic E-state index is 0.113. The first-order chi connectivity index (χ1) is 22.3. The molecule has 20 heteroatoms. The Morgan fingerprint density at radius 2 is 1.37 bits per heavy atom. The van der Waals surface area contributed by atoms with Crippen molar-refractivity contribution in [1.82, 2.24) is 10.2 Å². The van der Waals surface area contributed by atoms with E-state index < -0.39 is 54.0 Å². The minimum Gasteiger partial charge on any atom is -0.490 e. The Morgan fingerprint density at radius 1 is 0.878 bits per heavy atom. The van der Waals surface area contributed by atoms with Crippen molar-refractivity contribution in [3.05, 3.63) is 64.2 Å². The summed E-state index contributed by atoms with van der Waals surface area (Å²) in [6, 6.07) is 10.7. The summed E-state index contributed by atoms with van der Waals surface area (Å²) in [4.78, 5) is 31.2. The van der Waals surface area contributed by atoms with Gasteiger partial charge in [-0.3, -0.25) is 9.69 Å². The van der Waals surface area contributed by atoms with E-state index in [4.69, 9.17) is 41.2 Å². The van der Waals surface area contributed by atoms with Crippen molar-refractivity contribution in [1.29, 1.82) is 0 Å². The number of hydrogen-bond acceptors (Lipinski definition) is 7. The molecule has 1 atom stereocenters. The number of likely N-dealkylation sites (tertiary alicyclic amines) is 1. The van der Waals surface area contributed by atoms with Crippen LogP contribution in [0.15, 0.2) is 42.5 Å². The van der Waals surface area contributed by atoms with Gasteiger partial charge >= 0.3 is 36.4 Å². The quantitative estimate of drug-likeness (QED) is 0.193. The van der Waals surface area contributed by atoms with E-state index in [0.717, 1.165) is 50.7 Å². The molecule has 49 heavy (non-hydrogen) atoms. The van der Waals surface area contributed by atoms with Crippen molar-refractivity contribution in [2.45, 2.75) is 62.9 Å². The number of nitrogens with zero attached hydrogens (tertiary/aromatic N) is 1. The third-order valence-electron chi connectivity index (χ3n) is 6.44. The Labute approximate surface area is 278 Å². The largest absolute Gasteiger partial charge is 0.490 e. The summed E-state index contributed by atoms with van der Waals surface area (Å²) in [6.45, 7) is 4.04. The van der Waals surface area contributed by atoms with Gasteiger partial charge in [-0.05, 0) is 62.7 Å². The van der Waals surface area contributed by atoms with Gasteiger partial charge in [-0.2, -0.15) is 39.5 Å². The van der Waals surface area contributed by atoms with E-state index in [9.17, 15) is 49.4 Å². The molecule has 2 aromatic rings. The normalized spacial score (nSPS) is 15.5. The molecule has 1 saturated heterocycles. The number of piperidine rings is 1. The molecule has 0 bridgehead atoms. The van der Waals surface area contributed by atoms with Gasteiger partial charge in [-0.1, -0.05) is 29.8 Å². The number of carboxylic acids is 3. The Hall–Kier alpha value is -3.81. The van der Waals surface area contributed by atoms with Crippen LogP contribution in [0.3, 0.4) is 0 Å². The van der Waals surface area contributed by atoms with E-state index in [1.807, 2.05) is 24.3 Å². The van der Waals surface area contributed by atoms with Gasteiger partial charge < -0.3 is 30.5 Å².